The summed E-state index contributed by atoms with van der Waals surface area (Å²) in [6.07, 6.45) is 3.16. The van der Waals surface area contributed by atoms with Gasteiger partial charge in [-0.25, -0.2) is 4.79 Å². The number of nitrogens with zero attached hydrogens (tertiary/aromatic N) is 3. The summed E-state index contributed by atoms with van der Waals surface area (Å²) < 4.78 is 6.84. The zero-order valence-corrected chi connectivity index (χ0v) is 11.4. The summed E-state index contributed by atoms with van der Waals surface area (Å²) in [6, 6.07) is 4.54. The minimum absolute atomic E-state index is 0.210. The van der Waals surface area contributed by atoms with Crippen molar-refractivity contribution in [3.8, 4) is 0 Å². The lowest BCUT2D eigenvalue weighted by molar-refractivity contribution is -0.131. The molecule has 21 heavy (non-hydrogen) atoms. The molecule has 1 aliphatic heterocycles. The van der Waals surface area contributed by atoms with E-state index in [1.807, 2.05) is 0 Å². The number of imide groups is 1. The van der Waals surface area contributed by atoms with E-state index in [4.69, 9.17) is 10.2 Å². The molecule has 8 heteroatoms. The fourth-order valence-corrected chi connectivity index (χ4v) is 2.33. The standard InChI is InChI=1S/C13H15N5O3/c1-13(9-3-2-8-21-9)11(19)18(12(20)15-13)7-6-17-5-4-10(14)16-17/h2-5,8H,6-7H2,1H3,(H2,14,16)(H,15,20). The average Bonchev–Trinajstić information content (AvgIpc) is 3.13. The lowest BCUT2D eigenvalue weighted by atomic mass is 9.99. The first-order valence-corrected chi connectivity index (χ1v) is 6.48. The van der Waals surface area contributed by atoms with Crippen molar-refractivity contribution >= 4 is 17.8 Å². The number of nitrogens with two attached hydrogens (primary N) is 1. The molecule has 1 unspecified atom stereocenters. The van der Waals surface area contributed by atoms with E-state index in [0.29, 0.717) is 18.1 Å². The SMILES string of the molecule is CC1(c2ccco2)NC(=O)N(CCn2ccc(N)n2)C1=O. The molecule has 1 aliphatic rings. The molecule has 110 valence electrons. The zero-order valence-electron chi connectivity index (χ0n) is 11.4. The Morgan fingerprint density at radius 1 is 1.38 bits per heavy atom. The highest BCUT2D eigenvalue weighted by molar-refractivity contribution is 6.06. The number of carbonyl (C=O) groups is 2. The molecule has 3 rings (SSSR count). The molecule has 0 aliphatic carbocycles. The van der Waals surface area contributed by atoms with Crippen molar-refractivity contribution in [1.82, 2.24) is 20.0 Å². The predicted octanol–water partition coefficient (Wildman–Crippen LogP) is 0.525. The van der Waals surface area contributed by atoms with Crippen molar-refractivity contribution < 1.29 is 14.0 Å². The second-order valence-electron chi connectivity index (χ2n) is 4.99. The van der Waals surface area contributed by atoms with E-state index < -0.39 is 11.6 Å². The number of hydrogen-bond donors (Lipinski definition) is 2. The van der Waals surface area contributed by atoms with Gasteiger partial charge in [-0.2, -0.15) is 5.10 Å². The van der Waals surface area contributed by atoms with Crippen LogP contribution in [0.1, 0.15) is 12.7 Å². The largest absolute Gasteiger partial charge is 0.466 e. The lowest BCUT2D eigenvalue weighted by Crippen LogP contribution is -2.40. The summed E-state index contributed by atoms with van der Waals surface area (Å²) >= 11 is 0. The minimum Gasteiger partial charge on any atom is -0.466 e. The van der Waals surface area contributed by atoms with Crippen LogP contribution in [0.2, 0.25) is 0 Å². The van der Waals surface area contributed by atoms with Gasteiger partial charge in [0.25, 0.3) is 5.91 Å². The molecule has 0 aromatic carbocycles. The van der Waals surface area contributed by atoms with Crippen molar-refractivity contribution in [2.75, 3.05) is 12.3 Å². The second kappa shape index (κ2) is 4.65. The summed E-state index contributed by atoms with van der Waals surface area (Å²) in [5.74, 6) is 0.460. The fourth-order valence-electron chi connectivity index (χ4n) is 2.33. The first-order valence-electron chi connectivity index (χ1n) is 6.48. The highest BCUT2D eigenvalue weighted by Gasteiger charge is 2.50. The van der Waals surface area contributed by atoms with Crippen LogP contribution in [0.25, 0.3) is 0 Å². The van der Waals surface area contributed by atoms with Gasteiger partial charge >= 0.3 is 6.03 Å². The predicted molar refractivity (Wildman–Crippen MR) is 72.9 cm³/mol. The number of carbonyl (C=O) groups excluding carboxylic acids is 2. The molecule has 0 saturated carbocycles. The van der Waals surface area contributed by atoms with Crippen molar-refractivity contribution in [3.63, 3.8) is 0 Å². The first kappa shape index (κ1) is 13.2. The molecule has 0 radical (unpaired) electrons. The van der Waals surface area contributed by atoms with Gasteiger partial charge in [0.05, 0.1) is 19.4 Å². The number of nitrogens with one attached hydrogen (secondary N) is 1. The summed E-state index contributed by atoms with van der Waals surface area (Å²) in [5, 5.41) is 6.68. The molecule has 2 aromatic heterocycles. The monoisotopic (exact) mass is 289 g/mol. The average molecular weight is 289 g/mol. The summed E-state index contributed by atoms with van der Waals surface area (Å²) in [4.78, 5) is 25.7. The Balaban J connectivity index is 1.75. The van der Waals surface area contributed by atoms with Crippen LogP contribution in [0.4, 0.5) is 10.6 Å². The van der Waals surface area contributed by atoms with Crippen LogP contribution < -0.4 is 11.1 Å². The van der Waals surface area contributed by atoms with E-state index in [0.717, 1.165) is 4.90 Å². The normalized spacial score (nSPS) is 21.9. The number of aromatic nitrogens is 2. The van der Waals surface area contributed by atoms with Gasteiger partial charge in [0.15, 0.2) is 5.54 Å². The van der Waals surface area contributed by atoms with Gasteiger partial charge in [0, 0.05) is 6.20 Å². The Hall–Kier alpha value is -2.77. The van der Waals surface area contributed by atoms with E-state index in [2.05, 4.69) is 10.4 Å². The van der Waals surface area contributed by atoms with Crippen LogP contribution in [0.5, 0.6) is 0 Å². The van der Waals surface area contributed by atoms with Crippen LogP contribution in [0, 0.1) is 0 Å². The maximum Gasteiger partial charge on any atom is 0.325 e. The molecular formula is C13H15N5O3. The van der Waals surface area contributed by atoms with Crippen LogP contribution in [-0.2, 0) is 16.9 Å². The zero-order chi connectivity index (χ0) is 15.0. The number of urea groups is 1. The topological polar surface area (TPSA) is 106 Å². The molecule has 0 spiro atoms. The molecule has 0 bridgehead atoms. The number of anilines is 1. The Morgan fingerprint density at radius 3 is 2.81 bits per heavy atom. The van der Waals surface area contributed by atoms with E-state index in [1.165, 1.54) is 6.26 Å². The molecule has 1 saturated heterocycles. The highest BCUT2D eigenvalue weighted by atomic mass is 16.3. The van der Waals surface area contributed by atoms with Gasteiger partial charge in [-0.3, -0.25) is 14.4 Å². The smallest absolute Gasteiger partial charge is 0.325 e. The Kier molecular flexibility index (Phi) is 2.93. The Bertz CT molecular complexity index is 678. The summed E-state index contributed by atoms with van der Waals surface area (Å²) in [6.45, 7) is 2.21. The van der Waals surface area contributed by atoms with E-state index in [-0.39, 0.29) is 12.5 Å². The highest BCUT2D eigenvalue weighted by Crippen LogP contribution is 2.28. The first-order chi connectivity index (χ1) is 10.0. The van der Waals surface area contributed by atoms with Crippen LogP contribution in [-0.4, -0.2) is 33.2 Å². The van der Waals surface area contributed by atoms with E-state index in [9.17, 15) is 9.59 Å². The van der Waals surface area contributed by atoms with Gasteiger partial charge < -0.3 is 15.5 Å². The number of nitrogen functional groups attached to an aromatic ring is 1. The quantitative estimate of drug-likeness (QED) is 0.798. The molecule has 1 fully saturated rings. The number of amides is 3. The molecule has 3 amide bonds. The van der Waals surface area contributed by atoms with Gasteiger partial charge in [-0.1, -0.05) is 0 Å². The molecule has 1 atom stereocenters. The molecule has 3 heterocycles. The van der Waals surface area contributed by atoms with Gasteiger partial charge in [0.2, 0.25) is 0 Å². The third-order valence-corrected chi connectivity index (χ3v) is 3.50. The molecule has 2 aromatic rings. The van der Waals surface area contributed by atoms with E-state index in [1.54, 1.807) is 36.0 Å². The maximum absolute atomic E-state index is 12.5. The third kappa shape index (κ3) is 2.14. The van der Waals surface area contributed by atoms with E-state index >= 15 is 0 Å². The van der Waals surface area contributed by atoms with Gasteiger partial charge in [-0.15, -0.1) is 0 Å². The summed E-state index contributed by atoms with van der Waals surface area (Å²) in [5.41, 5.74) is 4.36. The van der Waals surface area contributed by atoms with Crippen molar-refractivity contribution in [3.05, 3.63) is 36.4 Å². The molecule has 3 N–H and O–H groups in total. The third-order valence-electron chi connectivity index (χ3n) is 3.50. The Labute approximate surface area is 120 Å². The minimum atomic E-state index is -1.16. The van der Waals surface area contributed by atoms with Crippen molar-refractivity contribution in [1.29, 1.82) is 0 Å². The maximum atomic E-state index is 12.5. The molecule has 8 nitrogen and oxygen atoms in total. The number of rotatable bonds is 4. The van der Waals surface area contributed by atoms with Crippen LogP contribution in [0.3, 0.4) is 0 Å². The summed E-state index contributed by atoms with van der Waals surface area (Å²) in [7, 11) is 0. The molecular weight excluding hydrogens is 274 g/mol. The Morgan fingerprint density at radius 2 is 2.19 bits per heavy atom. The fraction of sp³-hybridized carbons (Fsp3) is 0.308. The van der Waals surface area contributed by atoms with Crippen molar-refractivity contribution in [2.24, 2.45) is 0 Å². The van der Waals surface area contributed by atoms with Crippen LogP contribution in [0.15, 0.2) is 35.1 Å². The second-order valence-corrected chi connectivity index (χ2v) is 4.99. The number of furan rings is 1. The van der Waals surface area contributed by atoms with Gasteiger partial charge in [0.1, 0.15) is 11.6 Å². The van der Waals surface area contributed by atoms with Crippen LogP contribution >= 0.6 is 0 Å². The lowest BCUT2D eigenvalue weighted by Gasteiger charge is -2.18. The number of hydrogen-bond acceptors (Lipinski definition) is 5. The van der Waals surface area contributed by atoms with Crippen molar-refractivity contribution in [2.45, 2.75) is 19.0 Å². The van der Waals surface area contributed by atoms with Gasteiger partial charge in [-0.05, 0) is 25.1 Å².